The van der Waals surface area contributed by atoms with E-state index >= 15 is 0 Å². The molecule has 0 atom stereocenters. The molecule has 0 spiro atoms. The number of aromatic nitrogens is 4. The summed E-state index contributed by atoms with van der Waals surface area (Å²) in [6.07, 6.45) is 2.79. The lowest BCUT2D eigenvalue weighted by molar-refractivity contribution is -0.116. The van der Waals surface area contributed by atoms with Gasteiger partial charge in [-0.3, -0.25) is 18.8 Å². The number of carbonyl (C=O) groups excluding carboxylic acids is 1. The lowest BCUT2D eigenvalue weighted by atomic mass is 10.2. The minimum absolute atomic E-state index is 0.157. The van der Waals surface area contributed by atoms with E-state index in [0.29, 0.717) is 21.7 Å². The SMILES string of the molecule is CN(C)c1ccc(Cl)cc1NC(=O)Cn1cnc2c(cnn2C)c1=O. The van der Waals surface area contributed by atoms with Crippen molar-refractivity contribution < 1.29 is 4.79 Å². The number of nitrogens with one attached hydrogen (secondary N) is 1. The molecule has 2 heterocycles. The predicted octanol–water partition coefficient (Wildman–Crippen LogP) is 1.49. The summed E-state index contributed by atoms with van der Waals surface area (Å²) in [4.78, 5) is 30.8. The van der Waals surface area contributed by atoms with E-state index in [9.17, 15) is 9.59 Å². The number of amides is 1. The molecule has 0 fully saturated rings. The summed E-state index contributed by atoms with van der Waals surface area (Å²) in [7, 11) is 5.43. The zero-order valence-electron chi connectivity index (χ0n) is 14.0. The second-order valence-corrected chi connectivity index (χ2v) is 6.22. The van der Waals surface area contributed by atoms with Gasteiger partial charge in [0.25, 0.3) is 5.56 Å². The van der Waals surface area contributed by atoms with Gasteiger partial charge in [-0.1, -0.05) is 11.6 Å². The average Bonchev–Trinajstić information content (AvgIpc) is 2.92. The summed E-state index contributed by atoms with van der Waals surface area (Å²) in [6, 6.07) is 5.23. The van der Waals surface area contributed by atoms with Gasteiger partial charge < -0.3 is 10.2 Å². The molecular formula is C16H17ClN6O2. The molecular weight excluding hydrogens is 344 g/mol. The lowest BCUT2D eigenvalue weighted by Crippen LogP contribution is -2.28. The minimum Gasteiger partial charge on any atom is -0.376 e. The molecule has 0 aliphatic rings. The molecule has 8 nitrogen and oxygen atoms in total. The van der Waals surface area contributed by atoms with Crippen molar-refractivity contribution in [2.75, 3.05) is 24.3 Å². The maximum Gasteiger partial charge on any atom is 0.264 e. The van der Waals surface area contributed by atoms with Crippen LogP contribution in [-0.4, -0.2) is 39.3 Å². The molecule has 2 aromatic heterocycles. The second-order valence-electron chi connectivity index (χ2n) is 5.79. The second kappa shape index (κ2) is 6.56. The average molecular weight is 361 g/mol. The van der Waals surface area contributed by atoms with Gasteiger partial charge in [0.05, 0.1) is 17.6 Å². The lowest BCUT2D eigenvalue weighted by Gasteiger charge is -2.18. The van der Waals surface area contributed by atoms with Gasteiger partial charge in [-0.05, 0) is 18.2 Å². The van der Waals surface area contributed by atoms with Crippen molar-refractivity contribution >= 4 is 39.9 Å². The van der Waals surface area contributed by atoms with Gasteiger partial charge in [-0.2, -0.15) is 5.10 Å². The number of nitrogens with zero attached hydrogens (tertiary/aromatic N) is 5. The summed E-state index contributed by atoms with van der Waals surface area (Å²) >= 11 is 6.01. The van der Waals surface area contributed by atoms with E-state index in [1.165, 1.54) is 21.8 Å². The molecule has 1 aromatic carbocycles. The Morgan fingerprint density at radius 2 is 2.12 bits per heavy atom. The first-order valence-corrected chi connectivity index (χ1v) is 7.88. The molecule has 3 rings (SSSR count). The van der Waals surface area contributed by atoms with Crippen molar-refractivity contribution in [3.05, 3.63) is 46.1 Å². The van der Waals surface area contributed by atoms with Crippen LogP contribution >= 0.6 is 11.6 Å². The summed E-state index contributed by atoms with van der Waals surface area (Å²) in [5, 5.41) is 7.67. The number of rotatable bonds is 4. The number of hydrogen-bond donors (Lipinski definition) is 1. The molecule has 0 unspecified atom stereocenters. The largest absolute Gasteiger partial charge is 0.376 e. The third-order valence-electron chi connectivity index (χ3n) is 3.75. The van der Waals surface area contributed by atoms with Crippen LogP contribution in [0.25, 0.3) is 11.0 Å². The third-order valence-corrected chi connectivity index (χ3v) is 3.98. The number of benzene rings is 1. The zero-order chi connectivity index (χ0) is 18.1. The van der Waals surface area contributed by atoms with Crippen molar-refractivity contribution in [2.45, 2.75) is 6.54 Å². The fourth-order valence-corrected chi connectivity index (χ4v) is 2.69. The molecule has 0 radical (unpaired) electrons. The molecule has 25 heavy (non-hydrogen) atoms. The number of aryl methyl sites for hydroxylation is 1. The highest BCUT2D eigenvalue weighted by Gasteiger charge is 2.13. The molecule has 130 valence electrons. The van der Waals surface area contributed by atoms with E-state index in [-0.39, 0.29) is 18.0 Å². The number of fused-ring (bicyclic) bond motifs is 1. The highest BCUT2D eigenvalue weighted by molar-refractivity contribution is 6.31. The molecule has 1 N–H and O–H groups in total. The highest BCUT2D eigenvalue weighted by Crippen LogP contribution is 2.27. The van der Waals surface area contributed by atoms with Gasteiger partial charge in [0.2, 0.25) is 5.91 Å². The molecule has 3 aromatic rings. The van der Waals surface area contributed by atoms with Crippen LogP contribution in [0.2, 0.25) is 5.02 Å². The Labute approximate surface area is 148 Å². The van der Waals surface area contributed by atoms with Gasteiger partial charge in [0.1, 0.15) is 18.3 Å². The zero-order valence-corrected chi connectivity index (χ0v) is 14.8. The number of anilines is 2. The molecule has 1 amide bonds. The molecule has 9 heteroatoms. The summed E-state index contributed by atoms with van der Waals surface area (Å²) in [5.41, 5.74) is 1.55. The van der Waals surface area contributed by atoms with Gasteiger partial charge in [0, 0.05) is 26.2 Å². The number of carbonyl (C=O) groups is 1. The van der Waals surface area contributed by atoms with Crippen LogP contribution in [0, 0.1) is 0 Å². The maximum absolute atomic E-state index is 12.4. The Morgan fingerprint density at radius 3 is 2.84 bits per heavy atom. The van der Waals surface area contributed by atoms with Crippen LogP contribution in [0.3, 0.4) is 0 Å². The standard InChI is InChI=1S/C16H17ClN6O2/c1-21(2)13-5-4-10(17)6-12(13)20-14(24)8-23-9-18-15-11(16(23)25)7-19-22(15)3/h4-7,9H,8H2,1-3H3,(H,20,24). The number of hydrogen-bond acceptors (Lipinski definition) is 5. The van der Waals surface area contributed by atoms with E-state index in [4.69, 9.17) is 11.6 Å². The first-order valence-electron chi connectivity index (χ1n) is 7.50. The van der Waals surface area contributed by atoms with Crippen molar-refractivity contribution in [3.8, 4) is 0 Å². The van der Waals surface area contributed by atoms with Crippen LogP contribution in [0.15, 0.2) is 35.5 Å². The monoisotopic (exact) mass is 360 g/mol. The quantitative estimate of drug-likeness (QED) is 0.762. The van der Waals surface area contributed by atoms with Crippen molar-refractivity contribution in [2.24, 2.45) is 7.05 Å². The van der Waals surface area contributed by atoms with Crippen LogP contribution in [0.1, 0.15) is 0 Å². The van der Waals surface area contributed by atoms with E-state index in [0.717, 1.165) is 5.69 Å². The minimum atomic E-state index is -0.350. The molecule has 0 saturated heterocycles. The van der Waals surface area contributed by atoms with E-state index in [1.54, 1.807) is 19.2 Å². The third kappa shape index (κ3) is 3.34. The van der Waals surface area contributed by atoms with Gasteiger partial charge in [-0.25, -0.2) is 4.98 Å². The van der Waals surface area contributed by atoms with Crippen molar-refractivity contribution in [3.63, 3.8) is 0 Å². The van der Waals surface area contributed by atoms with Crippen LogP contribution in [-0.2, 0) is 18.4 Å². The summed E-state index contributed by atoms with van der Waals surface area (Å²) in [6.45, 7) is -0.157. The van der Waals surface area contributed by atoms with Gasteiger partial charge in [0.15, 0.2) is 5.65 Å². The maximum atomic E-state index is 12.4. The first-order chi connectivity index (χ1) is 11.9. The molecule has 0 saturated carbocycles. The fraction of sp³-hybridized carbons (Fsp3) is 0.250. The molecule has 0 bridgehead atoms. The Hall–Kier alpha value is -2.87. The van der Waals surface area contributed by atoms with E-state index in [2.05, 4.69) is 15.4 Å². The fourth-order valence-electron chi connectivity index (χ4n) is 2.52. The van der Waals surface area contributed by atoms with Gasteiger partial charge >= 0.3 is 0 Å². The normalized spacial score (nSPS) is 10.9. The van der Waals surface area contributed by atoms with Crippen molar-refractivity contribution in [1.29, 1.82) is 0 Å². The smallest absolute Gasteiger partial charge is 0.264 e. The van der Waals surface area contributed by atoms with Crippen LogP contribution in [0.5, 0.6) is 0 Å². The molecule has 0 aliphatic carbocycles. The molecule has 0 aliphatic heterocycles. The Bertz CT molecular complexity index is 1010. The summed E-state index contributed by atoms with van der Waals surface area (Å²) in [5.74, 6) is -0.350. The Balaban J connectivity index is 1.85. The topological polar surface area (TPSA) is 85.1 Å². The van der Waals surface area contributed by atoms with E-state index < -0.39 is 0 Å². The Morgan fingerprint density at radius 1 is 1.36 bits per heavy atom. The Kier molecular flexibility index (Phi) is 4.45. The predicted molar refractivity (Wildman–Crippen MR) is 97.2 cm³/mol. The van der Waals surface area contributed by atoms with Crippen molar-refractivity contribution in [1.82, 2.24) is 19.3 Å². The first kappa shape index (κ1) is 17.0. The highest BCUT2D eigenvalue weighted by atomic mass is 35.5. The van der Waals surface area contributed by atoms with Crippen LogP contribution < -0.4 is 15.8 Å². The van der Waals surface area contributed by atoms with E-state index in [1.807, 2.05) is 25.1 Å². The van der Waals surface area contributed by atoms with Crippen LogP contribution in [0.4, 0.5) is 11.4 Å². The van der Waals surface area contributed by atoms with Gasteiger partial charge in [-0.15, -0.1) is 0 Å². The number of halogens is 1. The summed E-state index contributed by atoms with van der Waals surface area (Å²) < 4.78 is 2.76.